The molecule has 0 radical (unpaired) electrons. The first-order valence-corrected chi connectivity index (χ1v) is 9.65. The number of pyridine rings is 1. The van der Waals surface area contributed by atoms with Crippen molar-refractivity contribution in [1.29, 1.82) is 0 Å². The van der Waals surface area contributed by atoms with Crippen LogP contribution in [0.5, 0.6) is 0 Å². The first-order valence-electron chi connectivity index (χ1n) is 9.65. The van der Waals surface area contributed by atoms with Gasteiger partial charge in [0.15, 0.2) is 11.5 Å². The summed E-state index contributed by atoms with van der Waals surface area (Å²) in [5.74, 6) is 0.321. The van der Waals surface area contributed by atoms with Crippen LogP contribution in [0.15, 0.2) is 77.9 Å². The van der Waals surface area contributed by atoms with E-state index in [1.54, 1.807) is 28.9 Å². The van der Waals surface area contributed by atoms with Crippen LogP contribution < -0.4 is 5.73 Å². The van der Waals surface area contributed by atoms with Gasteiger partial charge in [-0.1, -0.05) is 24.3 Å². The molecule has 0 spiro atoms. The lowest BCUT2D eigenvalue weighted by atomic mass is 10.1. The first-order chi connectivity index (χ1) is 15.2. The summed E-state index contributed by atoms with van der Waals surface area (Å²) in [7, 11) is 0. The van der Waals surface area contributed by atoms with E-state index >= 15 is 0 Å². The second-order valence-electron chi connectivity index (χ2n) is 6.98. The number of benzene rings is 2. The van der Waals surface area contributed by atoms with Crippen LogP contribution in [0.25, 0.3) is 27.8 Å². The molecule has 0 saturated heterocycles. The molecule has 5 rings (SSSR count). The maximum absolute atomic E-state index is 12.0. The maximum atomic E-state index is 12.0. The Labute approximate surface area is 177 Å². The van der Waals surface area contributed by atoms with Crippen LogP contribution >= 0.6 is 0 Å². The van der Waals surface area contributed by atoms with Gasteiger partial charge < -0.3 is 5.73 Å². The summed E-state index contributed by atoms with van der Waals surface area (Å²) in [4.78, 5) is 20.0. The standard InChI is InChI=1S/C23H17N7O/c24-14-26-23(31)18-4-1-3-17(13-18)20-8-9-21-27-28-22(30(21)29-20)12-15-6-7-19-16(11-15)5-2-10-25-19/h1-11,13-14H,12H2,(H2,24,26,31). The minimum atomic E-state index is -0.402. The van der Waals surface area contributed by atoms with Crippen molar-refractivity contribution in [3.63, 3.8) is 0 Å². The number of fused-ring (bicyclic) bond motifs is 2. The van der Waals surface area contributed by atoms with E-state index in [1.165, 1.54) is 0 Å². The molecule has 150 valence electrons. The number of rotatable bonds is 4. The SMILES string of the molecule is NC=NC(=O)c1cccc(-c2ccc3nnc(Cc4ccc5ncccc5c4)n3n2)c1. The van der Waals surface area contributed by atoms with Gasteiger partial charge in [-0.15, -0.1) is 10.2 Å². The Kier molecular flexibility index (Phi) is 4.64. The molecule has 0 unspecified atom stereocenters. The fourth-order valence-electron chi connectivity index (χ4n) is 3.47. The van der Waals surface area contributed by atoms with E-state index in [1.807, 2.05) is 42.5 Å². The van der Waals surface area contributed by atoms with Crippen molar-refractivity contribution in [3.05, 3.63) is 89.9 Å². The van der Waals surface area contributed by atoms with E-state index in [9.17, 15) is 4.79 Å². The number of nitrogens with two attached hydrogens (primary N) is 1. The summed E-state index contributed by atoms with van der Waals surface area (Å²) in [6, 6.07) is 20.9. The van der Waals surface area contributed by atoms with Gasteiger partial charge in [-0.3, -0.25) is 9.78 Å². The van der Waals surface area contributed by atoms with Gasteiger partial charge in [-0.2, -0.15) is 14.6 Å². The normalized spacial score (nSPS) is 11.5. The summed E-state index contributed by atoms with van der Waals surface area (Å²) in [6.45, 7) is 0. The van der Waals surface area contributed by atoms with Crippen molar-refractivity contribution in [2.45, 2.75) is 6.42 Å². The van der Waals surface area contributed by atoms with E-state index in [4.69, 9.17) is 10.8 Å². The van der Waals surface area contributed by atoms with Crippen LogP contribution in [0.3, 0.4) is 0 Å². The van der Waals surface area contributed by atoms with Crippen LogP contribution in [0, 0.1) is 0 Å². The summed E-state index contributed by atoms with van der Waals surface area (Å²) >= 11 is 0. The third kappa shape index (κ3) is 3.62. The molecule has 0 atom stereocenters. The lowest BCUT2D eigenvalue weighted by Gasteiger charge is -2.05. The second kappa shape index (κ2) is 7.75. The van der Waals surface area contributed by atoms with Crippen LogP contribution in [0.2, 0.25) is 0 Å². The third-order valence-corrected chi connectivity index (χ3v) is 4.95. The van der Waals surface area contributed by atoms with Crippen molar-refractivity contribution >= 4 is 28.8 Å². The number of amides is 1. The van der Waals surface area contributed by atoms with Crippen molar-refractivity contribution in [3.8, 4) is 11.3 Å². The van der Waals surface area contributed by atoms with Gasteiger partial charge in [-0.25, -0.2) is 0 Å². The summed E-state index contributed by atoms with van der Waals surface area (Å²) in [5, 5.41) is 14.3. The number of aliphatic imine (C=N–C) groups is 1. The van der Waals surface area contributed by atoms with Crippen molar-refractivity contribution in [2.75, 3.05) is 0 Å². The Balaban J connectivity index is 1.51. The Morgan fingerprint density at radius 2 is 1.97 bits per heavy atom. The predicted octanol–water partition coefficient (Wildman–Crippen LogP) is 3.06. The van der Waals surface area contributed by atoms with Crippen LogP contribution in [-0.2, 0) is 6.42 Å². The highest BCUT2D eigenvalue weighted by atomic mass is 16.1. The van der Waals surface area contributed by atoms with Crippen LogP contribution in [-0.4, -0.2) is 37.0 Å². The summed E-state index contributed by atoms with van der Waals surface area (Å²) in [5.41, 5.74) is 9.85. The van der Waals surface area contributed by atoms with E-state index in [-0.39, 0.29) is 0 Å². The Hall–Kier alpha value is -4.46. The highest BCUT2D eigenvalue weighted by Gasteiger charge is 2.11. The molecule has 3 heterocycles. The van der Waals surface area contributed by atoms with Gasteiger partial charge in [0.2, 0.25) is 0 Å². The van der Waals surface area contributed by atoms with E-state index in [0.717, 1.165) is 34.2 Å². The fourth-order valence-corrected chi connectivity index (χ4v) is 3.47. The molecule has 5 aromatic rings. The zero-order valence-corrected chi connectivity index (χ0v) is 16.4. The maximum Gasteiger partial charge on any atom is 0.278 e. The second-order valence-corrected chi connectivity index (χ2v) is 6.98. The summed E-state index contributed by atoms with van der Waals surface area (Å²) in [6.07, 6.45) is 3.35. The van der Waals surface area contributed by atoms with E-state index in [0.29, 0.717) is 23.3 Å². The Bertz CT molecular complexity index is 1460. The molecule has 8 nitrogen and oxygen atoms in total. The molecule has 8 heteroatoms. The molecule has 0 aliphatic carbocycles. The lowest BCUT2D eigenvalue weighted by molar-refractivity contribution is 0.100. The minimum absolute atomic E-state index is 0.402. The minimum Gasteiger partial charge on any atom is -0.390 e. The molecule has 0 fully saturated rings. The van der Waals surface area contributed by atoms with Gasteiger partial charge in [0.25, 0.3) is 5.91 Å². The average Bonchev–Trinajstić information content (AvgIpc) is 3.21. The van der Waals surface area contributed by atoms with Crippen molar-refractivity contribution in [2.24, 2.45) is 10.7 Å². The average molecular weight is 407 g/mol. The highest BCUT2D eigenvalue weighted by molar-refractivity contribution is 5.99. The molecule has 0 bridgehead atoms. The largest absolute Gasteiger partial charge is 0.390 e. The molecule has 0 saturated carbocycles. The van der Waals surface area contributed by atoms with E-state index < -0.39 is 5.91 Å². The van der Waals surface area contributed by atoms with Crippen LogP contribution in [0.1, 0.15) is 21.7 Å². The zero-order chi connectivity index (χ0) is 21.2. The topological polar surface area (TPSA) is 111 Å². The number of carbonyl (C=O) groups excluding carboxylic acids is 1. The first kappa shape index (κ1) is 18.6. The Morgan fingerprint density at radius 1 is 1.03 bits per heavy atom. The number of hydrogen-bond acceptors (Lipinski definition) is 5. The zero-order valence-electron chi connectivity index (χ0n) is 16.4. The number of hydrogen-bond donors (Lipinski definition) is 1. The molecule has 3 aromatic heterocycles. The van der Waals surface area contributed by atoms with Crippen molar-refractivity contribution in [1.82, 2.24) is 24.8 Å². The molecule has 31 heavy (non-hydrogen) atoms. The van der Waals surface area contributed by atoms with Gasteiger partial charge in [0.1, 0.15) is 0 Å². The molecule has 0 aliphatic heterocycles. The van der Waals surface area contributed by atoms with Gasteiger partial charge in [-0.05, 0) is 48.0 Å². The molecule has 2 aromatic carbocycles. The molecular formula is C23H17N7O. The van der Waals surface area contributed by atoms with Gasteiger partial charge >= 0.3 is 0 Å². The predicted molar refractivity (Wildman–Crippen MR) is 118 cm³/mol. The molecule has 2 N–H and O–H groups in total. The number of nitrogens with zero attached hydrogens (tertiary/aromatic N) is 6. The van der Waals surface area contributed by atoms with Crippen LogP contribution in [0.4, 0.5) is 0 Å². The molecular weight excluding hydrogens is 390 g/mol. The Morgan fingerprint density at radius 3 is 2.87 bits per heavy atom. The highest BCUT2D eigenvalue weighted by Crippen LogP contribution is 2.21. The quantitative estimate of drug-likeness (QED) is 0.362. The smallest absolute Gasteiger partial charge is 0.278 e. The fraction of sp³-hybridized carbons (Fsp3) is 0.0435. The third-order valence-electron chi connectivity index (χ3n) is 4.95. The number of carbonyl (C=O) groups is 1. The van der Waals surface area contributed by atoms with E-state index in [2.05, 4.69) is 26.2 Å². The monoisotopic (exact) mass is 407 g/mol. The van der Waals surface area contributed by atoms with Gasteiger partial charge in [0, 0.05) is 29.1 Å². The van der Waals surface area contributed by atoms with Crippen molar-refractivity contribution < 1.29 is 4.79 Å². The summed E-state index contributed by atoms with van der Waals surface area (Å²) < 4.78 is 1.73. The molecule has 1 amide bonds. The van der Waals surface area contributed by atoms with Gasteiger partial charge in [0.05, 0.1) is 17.5 Å². The molecule has 0 aliphatic rings. The number of aromatic nitrogens is 5. The lowest BCUT2D eigenvalue weighted by Crippen LogP contribution is -2.02.